The van der Waals surface area contributed by atoms with E-state index in [0.717, 1.165) is 4.47 Å². The van der Waals surface area contributed by atoms with E-state index in [1.807, 2.05) is 0 Å². The minimum Gasteiger partial charge on any atom is -0.478 e. The lowest BCUT2D eigenvalue weighted by Crippen LogP contribution is -2.12. The monoisotopic (exact) mass is 342 g/mol. The second-order valence-electron chi connectivity index (χ2n) is 3.69. The number of aromatic amines is 1. The Morgan fingerprint density at radius 1 is 1.32 bits per heavy atom. The van der Waals surface area contributed by atoms with Crippen molar-refractivity contribution in [2.75, 3.05) is 5.32 Å². The average Bonchev–Trinajstić information content (AvgIpc) is 2.75. The molecule has 1 aromatic carbocycles. The van der Waals surface area contributed by atoms with E-state index in [9.17, 15) is 9.59 Å². The predicted molar refractivity (Wildman–Crippen MR) is 74.9 cm³/mol. The van der Waals surface area contributed by atoms with Crippen LogP contribution in [0.1, 0.15) is 20.8 Å². The van der Waals surface area contributed by atoms with E-state index in [0.29, 0.717) is 11.4 Å². The summed E-state index contributed by atoms with van der Waals surface area (Å²) in [6.07, 6.45) is 1.63. The molecule has 1 heterocycles. The van der Waals surface area contributed by atoms with E-state index in [1.54, 1.807) is 12.3 Å². The summed E-state index contributed by atoms with van der Waals surface area (Å²) in [5.41, 5.74) is 0.790. The summed E-state index contributed by atoms with van der Waals surface area (Å²) in [7, 11) is 0. The molecule has 0 saturated heterocycles. The number of hydrogen-bond acceptors (Lipinski definition) is 2. The Bertz CT molecular complexity index is 654. The number of hydrogen-bond donors (Lipinski definition) is 3. The van der Waals surface area contributed by atoms with E-state index in [2.05, 4.69) is 26.2 Å². The van der Waals surface area contributed by atoms with Crippen LogP contribution in [0.2, 0.25) is 5.02 Å². The van der Waals surface area contributed by atoms with Crippen LogP contribution in [0.5, 0.6) is 0 Å². The molecule has 7 heteroatoms. The molecular formula is C12H8BrClN2O3. The number of carbonyl (C=O) groups excluding carboxylic acids is 1. The van der Waals surface area contributed by atoms with Crippen molar-refractivity contribution in [3.63, 3.8) is 0 Å². The van der Waals surface area contributed by atoms with Crippen molar-refractivity contribution in [1.29, 1.82) is 0 Å². The van der Waals surface area contributed by atoms with E-state index in [1.165, 1.54) is 18.2 Å². The number of nitrogens with one attached hydrogen (secondary N) is 2. The van der Waals surface area contributed by atoms with Gasteiger partial charge in [-0.25, -0.2) is 4.79 Å². The maximum absolute atomic E-state index is 11.8. The number of rotatable bonds is 3. The molecule has 5 nitrogen and oxygen atoms in total. The molecule has 0 fully saturated rings. The normalized spacial score (nSPS) is 10.2. The molecule has 98 valence electrons. The van der Waals surface area contributed by atoms with Crippen molar-refractivity contribution in [1.82, 2.24) is 4.98 Å². The Hall–Kier alpha value is -1.79. The van der Waals surface area contributed by atoms with Crippen LogP contribution in [-0.2, 0) is 0 Å². The number of H-pyrrole nitrogens is 1. The molecule has 0 aliphatic carbocycles. The predicted octanol–water partition coefficient (Wildman–Crippen LogP) is 3.38. The summed E-state index contributed by atoms with van der Waals surface area (Å²) >= 11 is 9.04. The molecule has 0 aliphatic rings. The summed E-state index contributed by atoms with van der Waals surface area (Å²) in [6.45, 7) is 0. The quantitative estimate of drug-likeness (QED) is 0.799. The van der Waals surface area contributed by atoms with Crippen LogP contribution in [0.4, 0.5) is 5.69 Å². The SMILES string of the molecule is O=C(Nc1ccc(C(=O)O)c(Cl)c1)c1cc(Br)c[nH]1. The first kappa shape index (κ1) is 13.6. The van der Waals surface area contributed by atoms with Gasteiger partial charge in [-0.3, -0.25) is 4.79 Å². The third-order valence-corrected chi connectivity index (χ3v) is 3.12. The van der Waals surface area contributed by atoms with Crippen molar-refractivity contribution in [3.8, 4) is 0 Å². The largest absolute Gasteiger partial charge is 0.478 e. The van der Waals surface area contributed by atoms with Crippen LogP contribution >= 0.6 is 27.5 Å². The smallest absolute Gasteiger partial charge is 0.337 e. The zero-order valence-corrected chi connectivity index (χ0v) is 11.7. The molecule has 2 rings (SSSR count). The first-order chi connectivity index (χ1) is 8.97. The number of carboxylic acids is 1. The molecule has 0 bridgehead atoms. The molecule has 0 saturated carbocycles. The fourth-order valence-corrected chi connectivity index (χ4v) is 2.07. The van der Waals surface area contributed by atoms with Crippen LogP contribution in [0, 0.1) is 0 Å². The second kappa shape index (κ2) is 5.46. The van der Waals surface area contributed by atoms with E-state index < -0.39 is 5.97 Å². The van der Waals surface area contributed by atoms with Gasteiger partial charge in [-0.1, -0.05) is 11.6 Å². The molecule has 0 spiro atoms. The number of carboxylic acid groups (broad SMARTS) is 1. The van der Waals surface area contributed by atoms with Crippen LogP contribution in [0.25, 0.3) is 0 Å². The van der Waals surface area contributed by atoms with Gasteiger partial charge >= 0.3 is 5.97 Å². The Morgan fingerprint density at radius 3 is 2.58 bits per heavy atom. The Labute approximate surface area is 121 Å². The maximum Gasteiger partial charge on any atom is 0.337 e. The van der Waals surface area contributed by atoms with Crippen molar-refractivity contribution in [2.45, 2.75) is 0 Å². The third-order valence-electron chi connectivity index (χ3n) is 2.35. The lowest BCUT2D eigenvalue weighted by molar-refractivity contribution is 0.0697. The zero-order chi connectivity index (χ0) is 14.0. The fourth-order valence-electron chi connectivity index (χ4n) is 1.46. The van der Waals surface area contributed by atoms with Gasteiger partial charge in [0.25, 0.3) is 5.91 Å². The minimum atomic E-state index is -1.11. The summed E-state index contributed by atoms with van der Waals surface area (Å²) in [5.74, 6) is -1.46. The zero-order valence-electron chi connectivity index (χ0n) is 9.41. The van der Waals surface area contributed by atoms with Gasteiger partial charge in [0.15, 0.2) is 0 Å². The van der Waals surface area contributed by atoms with Gasteiger partial charge in [0, 0.05) is 16.4 Å². The minimum absolute atomic E-state index is 0.0118. The number of aromatic nitrogens is 1. The molecule has 2 aromatic rings. The molecule has 1 aromatic heterocycles. The van der Waals surface area contributed by atoms with E-state index in [4.69, 9.17) is 16.7 Å². The number of benzene rings is 1. The van der Waals surface area contributed by atoms with E-state index in [-0.39, 0.29) is 16.5 Å². The standard InChI is InChI=1S/C12H8BrClN2O3/c13-6-3-10(15-5-6)11(17)16-7-1-2-8(12(18)19)9(14)4-7/h1-5,15H,(H,16,17)(H,18,19). The van der Waals surface area contributed by atoms with Crippen molar-refractivity contribution < 1.29 is 14.7 Å². The third kappa shape index (κ3) is 3.15. The number of halogens is 2. The average molecular weight is 344 g/mol. The topological polar surface area (TPSA) is 82.2 Å². The Morgan fingerprint density at radius 2 is 2.05 bits per heavy atom. The summed E-state index contributed by atoms with van der Waals surface area (Å²) < 4.78 is 0.761. The first-order valence-corrected chi connectivity index (χ1v) is 6.32. The Balaban J connectivity index is 2.18. The molecular weight excluding hydrogens is 336 g/mol. The van der Waals surface area contributed by atoms with Gasteiger partial charge in [-0.2, -0.15) is 0 Å². The molecule has 1 amide bonds. The second-order valence-corrected chi connectivity index (χ2v) is 5.01. The number of aromatic carboxylic acids is 1. The highest BCUT2D eigenvalue weighted by Gasteiger charge is 2.12. The first-order valence-electron chi connectivity index (χ1n) is 5.15. The maximum atomic E-state index is 11.8. The molecule has 0 atom stereocenters. The summed E-state index contributed by atoms with van der Waals surface area (Å²) in [6, 6.07) is 5.83. The number of anilines is 1. The van der Waals surface area contributed by atoms with Gasteiger partial charge in [0.05, 0.1) is 10.6 Å². The summed E-state index contributed by atoms with van der Waals surface area (Å²) in [4.78, 5) is 25.4. The molecule has 3 N–H and O–H groups in total. The van der Waals surface area contributed by atoms with E-state index >= 15 is 0 Å². The highest BCUT2D eigenvalue weighted by Crippen LogP contribution is 2.21. The number of amides is 1. The van der Waals surface area contributed by atoms with Crippen molar-refractivity contribution in [3.05, 3.63) is 51.2 Å². The van der Waals surface area contributed by atoms with Crippen LogP contribution in [0.15, 0.2) is 34.9 Å². The van der Waals surface area contributed by atoms with Gasteiger partial charge in [-0.15, -0.1) is 0 Å². The van der Waals surface area contributed by atoms with Gasteiger partial charge in [0.1, 0.15) is 5.69 Å². The number of carbonyl (C=O) groups is 2. The lowest BCUT2D eigenvalue weighted by atomic mass is 10.2. The highest BCUT2D eigenvalue weighted by molar-refractivity contribution is 9.10. The molecule has 0 radical (unpaired) electrons. The molecule has 0 aliphatic heterocycles. The molecule has 0 unspecified atom stereocenters. The fraction of sp³-hybridized carbons (Fsp3) is 0. The van der Waals surface area contributed by atoms with Gasteiger partial charge in [-0.05, 0) is 40.2 Å². The molecule has 19 heavy (non-hydrogen) atoms. The highest BCUT2D eigenvalue weighted by atomic mass is 79.9. The summed E-state index contributed by atoms with van der Waals surface area (Å²) in [5, 5.41) is 11.5. The van der Waals surface area contributed by atoms with Crippen molar-refractivity contribution >= 4 is 45.1 Å². The van der Waals surface area contributed by atoms with Crippen LogP contribution < -0.4 is 5.32 Å². The van der Waals surface area contributed by atoms with Crippen LogP contribution in [0.3, 0.4) is 0 Å². The van der Waals surface area contributed by atoms with Gasteiger partial charge in [0.2, 0.25) is 0 Å². The Kier molecular flexibility index (Phi) is 3.92. The van der Waals surface area contributed by atoms with Crippen molar-refractivity contribution in [2.24, 2.45) is 0 Å². The van der Waals surface area contributed by atoms with Crippen LogP contribution in [-0.4, -0.2) is 22.0 Å². The van der Waals surface area contributed by atoms with Gasteiger partial charge < -0.3 is 15.4 Å². The lowest BCUT2D eigenvalue weighted by Gasteiger charge is -2.05.